The highest BCUT2D eigenvalue weighted by Gasteiger charge is 2.34. The van der Waals surface area contributed by atoms with Crippen molar-refractivity contribution in [3.63, 3.8) is 0 Å². The van der Waals surface area contributed by atoms with Crippen molar-refractivity contribution in [2.45, 2.75) is 19.5 Å². The average molecular weight is 328 g/mol. The van der Waals surface area contributed by atoms with Gasteiger partial charge in [-0.2, -0.15) is 0 Å². The van der Waals surface area contributed by atoms with E-state index < -0.39 is 7.92 Å². The second-order valence-electron chi connectivity index (χ2n) is 6.34. The number of hydrogen-bond acceptors (Lipinski definition) is 0. The summed E-state index contributed by atoms with van der Waals surface area (Å²) in [7, 11) is -0.462. The highest BCUT2D eigenvalue weighted by atomic mass is 31.1. The molecule has 1 unspecified atom stereocenters. The number of fused-ring (bicyclic) bond motifs is 1. The third-order valence-corrected chi connectivity index (χ3v) is 7.88. The van der Waals surface area contributed by atoms with Crippen molar-refractivity contribution in [1.82, 2.24) is 0 Å². The standard InChI is InChI=1S/C23H21P/c1-17-18(2)23(22-16-10-9-15-21(17)22)24(19-11-5-3-6-12-19)20-13-7-4-8-14-20/h3-16,23H,1-2H3. The zero-order valence-corrected chi connectivity index (χ0v) is 15.0. The third-order valence-electron chi connectivity index (χ3n) is 4.99. The maximum absolute atomic E-state index is 2.32. The van der Waals surface area contributed by atoms with E-state index in [2.05, 4.69) is 98.8 Å². The van der Waals surface area contributed by atoms with Crippen LogP contribution in [0, 0.1) is 0 Å². The van der Waals surface area contributed by atoms with E-state index >= 15 is 0 Å². The first-order valence-corrected chi connectivity index (χ1v) is 9.84. The van der Waals surface area contributed by atoms with E-state index in [0.29, 0.717) is 5.66 Å². The van der Waals surface area contributed by atoms with Gasteiger partial charge in [-0.25, -0.2) is 0 Å². The molecule has 1 aliphatic rings. The lowest BCUT2D eigenvalue weighted by Gasteiger charge is -2.28. The first kappa shape index (κ1) is 15.4. The summed E-state index contributed by atoms with van der Waals surface area (Å²) in [5.41, 5.74) is 6.37. The summed E-state index contributed by atoms with van der Waals surface area (Å²) in [6, 6.07) is 31.0. The summed E-state index contributed by atoms with van der Waals surface area (Å²) in [6.07, 6.45) is 0. The molecule has 1 heteroatoms. The Hall–Kier alpha value is -2.17. The minimum atomic E-state index is -0.462. The molecule has 0 saturated carbocycles. The van der Waals surface area contributed by atoms with Crippen LogP contribution in [-0.4, -0.2) is 0 Å². The van der Waals surface area contributed by atoms with Crippen LogP contribution < -0.4 is 10.6 Å². The molecule has 0 N–H and O–H groups in total. The zero-order valence-electron chi connectivity index (χ0n) is 14.1. The molecular formula is C23H21P. The Labute approximate surface area is 145 Å². The lowest BCUT2D eigenvalue weighted by molar-refractivity contribution is 1.14. The van der Waals surface area contributed by atoms with Crippen molar-refractivity contribution in [3.05, 3.63) is 102 Å². The monoisotopic (exact) mass is 328 g/mol. The van der Waals surface area contributed by atoms with Crippen molar-refractivity contribution in [3.8, 4) is 0 Å². The van der Waals surface area contributed by atoms with Crippen LogP contribution in [0.2, 0.25) is 0 Å². The second kappa shape index (κ2) is 6.38. The molecule has 0 saturated heterocycles. The van der Waals surface area contributed by atoms with Gasteiger partial charge in [0.15, 0.2) is 0 Å². The number of benzene rings is 3. The molecule has 1 atom stereocenters. The Morgan fingerprint density at radius 2 is 1.12 bits per heavy atom. The molecule has 0 aromatic heterocycles. The van der Waals surface area contributed by atoms with Gasteiger partial charge in [0.1, 0.15) is 0 Å². The Bertz CT molecular complexity index is 839. The van der Waals surface area contributed by atoms with E-state index in [9.17, 15) is 0 Å². The van der Waals surface area contributed by atoms with Gasteiger partial charge in [0.05, 0.1) is 0 Å². The van der Waals surface area contributed by atoms with Gasteiger partial charge in [0.2, 0.25) is 0 Å². The molecule has 3 aromatic rings. The van der Waals surface area contributed by atoms with Gasteiger partial charge in [-0.15, -0.1) is 0 Å². The van der Waals surface area contributed by atoms with E-state index in [0.717, 1.165) is 0 Å². The molecule has 1 aliphatic carbocycles. The summed E-state index contributed by atoms with van der Waals surface area (Å²) in [4.78, 5) is 0. The fourth-order valence-electron chi connectivity index (χ4n) is 3.68. The smallest absolute Gasteiger partial charge is 0.0340 e. The number of allylic oxidation sites excluding steroid dienone is 2. The molecular weight excluding hydrogens is 307 g/mol. The molecule has 0 fully saturated rings. The van der Waals surface area contributed by atoms with Gasteiger partial charge < -0.3 is 0 Å². The minimum absolute atomic E-state index is 0.462. The number of hydrogen-bond donors (Lipinski definition) is 0. The van der Waals surface area contributed by atoms with Gasteiger partial charge in [-0.3, -0.25) is 0 Å². The normalized spacial score (nSPS) is 16.5. The van der Waals surface area contributed by atoms with Crippen LogP contribution in [0.25, 0.3) is 5.57 Å². The van der Waals surface area contributed by atoms with Gasteiger partial charge >= 0.3 is 0 Å². The maximum Gasteiger partial charge on any atom is 0.0340 e. The molecule has 24 heavy (non-hydrogen) atoms. The quantitative estimate of drug-likeness (QED) is 0.544. The molecule has 0 nitrogen and oxygen atoms in total. The lowest BCUT2D eigenvalue weighted by atomic mass is 10.1. The summed E-state index contributed by atoms with van der Waals surface area (Å²) in [5.74, 6) is 0. The molecule has 0 heterocycles. The van der Waals surface area contributed by atoms with E-state index in [1.807, 2.05) is 0 Å². The van der Waals surface area contributed by atoms with Crippen LogP contribution in [0.1, 0.15) is 30.6 Å². The van der Waals surface area contributed by atoms with Crippen LogP contribution >= 0.6 is 7.92 Å². The molecule has 0 bridgehead atoms. The highest BCUT2D eigenvalue weighted by Crippen LogP contribution is 2.59. The minimum Gasteiger partial charge on any atom is -0.0622 e. The predicted molar refractivity (Wildman–Crippen MR) is 107 cm³/mol. The van der Waals surface area contributed by atoms with Crippen LogP contribution in [-0.2, 0) is 0 Å². The summed E-state index contributed by atoms with van der Waals surface area (Å²) >= 11 is 0. The van der Waals surface area contributed by atoms with Crippen LogP contribution in [0.3, 0.4) is 0 Å². The van der Waals surface area contributed by atoms with Gasteiger partial charge in [-0.05, 0) is 49.1 Å². The molecule has 3 aromatic carbocycles. The van der Waals surface area contributed by atoms with Crippen LogP contribution in [0.15, 0.2) is 90.5 Å². The molecule has 4 rings (SSSR count). The van der Waals surface area contributed by atoms with Crippen molar-refractivity contribution in [2.75, 3.05) is 0 Å². The van der Waals surface area contributed by atoms with E-state index in [4.69, 9.17) is 0 Å². The summed E-state index contributed by atoms with van der Waals surface area (Å²) in [6.45, 7) is 4.60. The van der Waals surface area contributed by atoms with E-state index in [1.54, 1.807) is 0 Å². The molecule has 0 spiro atoms. The Morgan fingerprint density at radius 3 is 1.71 bits per heavy atom. The van der Waals surface area contributed by atoms with Crippen molar-refractivity contribution in [1.29, 1.82) is 0 Å². The van der Waals surface area contributed by atoms with Crippen LogP contribution in [0.4, 0.5) is 0 Å². The van der Waals surface area contributed by atoms with Crippen molar-refractivity contribution >= 4 is 24.1 Å². The highest BCUT2D eigenvalue weighted by molar-refractivity contribution is 7.73. The van der Waals surface area contributed by atoms with Gasteiger partial charge in [-0.1, -0.05) is 90.5 Å². The Balaban J connectivity index is 1.92. The second-order valence-corrected chi connectivity index (χ2v) is 8.63. The maximum atomic E-state index is 2.32. The SMILES string of the molecule is CC1=C(C)C(P(c2ccccc2)c2ccccc2)c2ccccc21. The van der Waals surface area contributed by atoms with Gasteiger partial charge in [0, 0.05) is 5.66 Å². The third kappa shape index (κ3) is 2.52. The fourth-order valence-corrected chi connectivity index (χ4v) is 6.65. The fraction of sp³-hybridized carbons (Fsp3) is 0.130. The van der Waals surface area contributed by atoms with E-state index in [-0.39, 0.29) is 0 Å². The number of rotatable bonds is 3. The lowest BCUT2D eigenvalue weighted by Crippen LogP contribution is -2.16. The molecule has 0 aliphatic heterocycles. The largest absolute Gasteiger partial charge is 0.0622 e. The van der Waals surface area contributed by atoms with Gasteiger partial charge in [0.25, 0.3) is 0 Å². The zero-order chi connectivity index (χ0) is 16.5. The first-order valence-electron chi connectivity index (χ1n) is 8.43. The average Bonchev–Trinajstić information content (AvgIpc) is 2.90. The Morgan fingerprint density at radius 1 is 0.625 bits per heavy atom. The van der Waals surface area contributed by atoms with Crippen molar-refractivity contribution in [2.24, 2.45) is 0 Å². The molecule has 0 amide bonds. The molecule has 118 valence electrons. The van der Waals surface area contributed by atoms with Crippen molar-refractivity contribution < 1.29 is 0 Å². The Kier molecular flexibility index (Phi) is 4.08. The van der Waals surface area contributed by atoms with Crippen LogP contribution in [0.5, 0.6) is 0 Å². The summed E-state index contributed by atoms with van der Waals surface area (Å²) in [5, 5.41) is 2.90. The topological polar surface area (TPSA) is 0 Å². The summed E-state index contributed by atoms with van der Waals surface area (Å²) < 4.78 is 0. The predicted octanol–water partition coefficient (Wildman–Crippen LogP) is 5.67. The molecule has 0 radical (unpaired) electrons. The van der Waals surface area contributed by atoms with E-state index in [1.165, 1.54) is 32.9 Å². The first-order chi connectivity index (χ1) is 11.8.